The lowest BCUT2D eigenvalue weighted by Gasteiger charge is -2.03. The molecule has 0 aromatic carbocycles. The van der Waals surface area contributed by atoms with Gasteiger partial charge in [-0.05, 0) is 12.5 Å². The summed E-state index contributed by atoms with van der Waals surface area (Å²) in [6.07, 6.45) is 0.839. The summed E-state index contributed by atoms with van der Waals surface area (Å²) in [5.74, 6) is -0.651. The van der Waals surface area contributed by atoms with Crippen LogP contribution >= 0.6 is 11.3 Å². The summed E-state index contributed by atoms with van der Waals surface area (Å²) in [6.45, 7) is 2.52. The maximum Gasteiger partial charge on any atom is 0.345 e. The summed E-state index contributed by atoms with van der Waals surface area (Å²) in [5.41, 5.74) is 0.600. The number of H-pyrrole nitrogens is 1. The van der Waals surface area contributed by atoms with Gasteiger partial charge in [0.05, 0.1) is 10.2 Å². The van der Waals surface area contributed by atoms with Crippen LogP contribution in [0.1, 0.15) is 23.0 Å². The zero-order chi connectivity index (χ0) is 13.1. The lowest BCUT2D eigenvalue weighted by atomic mass is 10.4. The second-order valence-electron chi connectivity index (χ2n) is 3.61. The number of aromatic carboxylic acids is 1. The van der Waals surface area contributed by atoms with Crippen molar-refractivity contribution in [3.05, 3.63) is 10.9 Å². The van der Waals surface area contributed by atoms with Gasteiger partial charge >= 0.3 is 12.0 Å². The molecule has 0 aliphatic carbocycles. The number of carboxylic acids is 1. The van der Waals surface area contributed by atoms with Gasteiger partial charge in [0.25, 0.3) is 0 Å². The Morgan fingerprint density at radius 3 is 3.00 bits per heavy atom. The van der Waals surface area contributed by atoms with Crippen molar-refractivity contribution in [2.24, 2.45) is 0 Å². The first kappa shape index (κ1) is 12.4. The van der Waals surface area contributed by atoms with Gasteiger partial charge < -0.3 is 10.4 Å². The number of nitrogens with zero attached hydrogens (tertiary/aromatic N) is 1. The van der Waals surface area contributed by atoms with Crippen LogP contribution in [0.2, 0.25) is 0 Å². The van der Waals surface area contributed by atoms with Crippen molar-refractivity contribution in [3.8, 4) is 0 Å². The molecule has 0 atom stereocenters. The molecule has 2 amide bonds. The average Bonchev–Trinajstić information content (AvgIpc) is 2.88. The Labute approximate surface area is 106 Å². The van der Waals surface area contributed by atoms with E-state index in [0.717, 1.165) is 17.8 Å². The van der Waals surface area contributed by atoms with Crippen molar-refractivity contribution in [1.82, 2.24) is 15.5 Å². The third kappa shape index (κ3) is 2.43. The van der Waals surface area contributed by atoms with Crippen LogP contribution in [0.15, 0.2) is 6.07 Å². The summed E-state index contributed by atoms with van der Waals surface area (Å²) in [5, 5.41) is 20.7. The molecule has 0 aliphatic heterocycles. The Bertz CT molecular complexity index is 589. The Hall–Kier alpha value is -2.09. The van der Waals surface area contributed by atoms with Gasteiger partial charge in [-0.2, -0.15) is 5.10 Å². The lowest BCUT2D eigenvalue weighted by molar-refractivity contribution is 0.0702. The van der Waals surface area contributed by atoms with Crippen LogP contribution < -0.4 is 10.6 Å². The molecular weight excluding hydrogens is 256 g/mol. The summed E-state index contributed by atoms with van der Waals surface area (Å²) in [7, 11) is 0. The summed E-state index contributed by atoms with van der Waals surface area (Å²) < 4.78 is 0.624. The van der Waals surface area contributed by atoms with Gasteiger partial charge in [-0.3, -0.25) is 10.4 Å². The first-order valence-corrected chi connectivity index (χ1v) is 6.19. The van der Waals surface area contributed by atoms with E-state index in [4.69, 9.17) is 5.11 Å². The first-order chi connectivity index (χ1) is 8.61. The van der Waals surface area contributed by atoms with Gasteiger partial charge in [-0.15, -0.1) is 11.3 Å². The molecule has 0 unspecified atom stereocenters. The van der Waals surface area contributed by atoms with E-state index in [1.54, 1.807) is 0 Å². The molecular formula is C10H12N4O3S. The fourth-order valence-corrected chi connectivity index (χ4v) is 2.29. The molecule has 7 nitrogen and oxygen atoms in total. The second kappa shape index (κ2) is 5.05. The normalized spacial score (nSPS) is 10.5. The molecule has 96 valence electrons. The highest BCUT2D eigenvalue weighted by atomic mass is 32.1. The van der Waals surface area contributed by atoms with E-state index >= 15 is 0 Å². The quantitative estimate of drug-likeness (QED) is 0.678. The van der Waals surface area contributed by atoms with Crippen molar-refractivity contribution in [2.45, 2.75) is 13.3 Å². The average molecular weight is 268 g/mol. The maximum atomic E-state index is 11.5. The molecule has 2 aromatic rings. The van der Waals surface area contributed by atoms with Crippen molar-refractivity contribution in [2.75, 3.05) is 11.9 Å². The van der Waals surface area contributed by atoms with Crippen LogP contribution in [-0.4, -0.2) is 33.8 Å². The molecule has 0 radical (unpaired) electrons. The number of amides is 2. The molecule has 0 saturated heterocycles. The minimum Gasteiger partial charge on any atom is -0.477 e. The van der Waals surface area contributed by atoms with E-state index in [1.165, 1.54) is 6.07 Å². The third-order valence-corrected chi connectivity index (χ3v) is 3.34. The fraction of sp³-hybridized carbons (Fsp3) is 0.300. The number of nitrogens with one attached hydrogen (secondary N) is 3. The van der Waals surface area contributed by atoms with Crippen molar-refractivity contribution < 1.29 is 14.7 Å². The molecule has 8 heteroatoms. The molecule has 0 spiro atoms. The molecule has 0 bridgehead atoms. The van der Waals surface area contributed by atoms with E-state index in [2.05, 4.69) is 20.8 Å². The minimum absolute atomic E-state index is 0.204. The van der Waals surface area contributed by atoms with E-state index in [1.807, 2.05) is 6.92 Å². The fourth-order valence-electron chi connectivity index (χ4n) is 1.40. The number of thiophene rings is 1. The maximum absolute atomic E-state index is 11.5. The van der Waals surface area contributed by atoms with Crippen LogP contribution in [0.3, 0.4) is 0 Å². The standard InChI is InChI=1S/C10H12N4O3S/c1-2-3-11-10(17)12-8-7-5(13-14-8)4-6(18-7)9(15)16/h4H,2-3H2,1H3,(H,15,16)(H3,11,12,13,14,17). The van der Waals surface area contributed by atoms with Gasteiger partial charge in [0.15, 0.2) is 5.82 Å². The number of hydrogen-bond donors (Lipinski definition) is 4. The molecule has 2 aromatic heterocycles. The Kier molecular flexibility index (Phi) is 3.47. The van der Waals surface area contributed by atoms with Gasteiger partial charge in [-0.1, -0.05) is 6.92 Å². The van der Waals surface area contributed by atoms with Gasteiger partial charge in [0.2, 0.25) is 0 Å². The highest BCUT2D eigenvalue weighted by Gasteiger charge is 2.15. The number of hydrogen-bond acceptors (Lipinski definition) is 4. The largest absolute Gasteiger partial charge is 0.477 e. The predicted molar refractivity (Wildman–Crippen MR) is 68.2 cm³/mol. The molecule has 2 heterocycles. The molecule has 2 rings (SSSR count). The van der Waals surface area contributed by atoms with Gasteiger partial charge in [0.1, 0.15) is 4.88 Å². The molecule has 0 fully saturated rings. The zero-order valence-corrected chi connectivity index (χ0v) is 10.4. The number of aromatic nitrogens is 2. The highest BCUT2D eigenvalue weighted by molar-refractivity contribution is 7.21. The number of anilines is 1. The van der Waals surface area contributed by atoms with Crippen LogP contribution in [0.4, 0.5) is 10.6 Å². The number of carbonyl (C=O) groups is 2. The van der Waals surface area contributed by atoms with Crippen LogP contribution in [-0.2, 0) is 0 Å². The number of rotatable bonds is 4. The van der Waals surface area contributed by atoms with Crippen molar-refractivity contribution in [3.63, 3.8) is 0 Å². The predicted octanol–water partition coefficient (Wildman–Crippen LogP) is 1.85. The SMILES string of the molecule is CCCNC(=O)Nc1n[nH]c2cc(C(=O)O)sc12. The minimum atomic E-state index is -0.994. The Morgan fingerprint density at radius 2 is 2.33 bits per heavy atom. The van der Waals surface area contributed by atoms with Crippen molar-refractivity contribution in [1.29, 1.82) is 0 Å². The monoisotopic (exact) mass is 268 g/mol. The van der Waals surface area contributed by atoms with Gasteiger partial charge in [0, 0.05) is 6.54 Å². The van der Waals surface area contributed by atoms with E-state index in [-0.39, 0.29) is 10.9 Å². The van der Waals surface area contributed by atoms with Crippen LogP contribution in [0, 0.1) is 0 Å². The topological polar surface area (TPSA) is 107 Å². The number of aromatic amines is 1. The second-order valence-corrected chi connectivity index (χ2v) is 4.66. The molecule has 0 aliphatic rings. The van der Waals surface area contributed by atoms with E-state index in [0.29, 0.717) is 22.6 Å². The summed E-state index contributed by atoms with van der Waals surface area (Å²) in [6, 6.07) is 1.14. The zero-order valence-electron chi connectivity index (χ0n) is 9.61. The van der Waals surface area contributed by atoms with Crippen LogP contribution in [0.5, 0.6) is 0 Å². The number of fused-ring (bicyclic) bond motifs is 1. The van der Waals surface area contributed by atoms with Crippen LogP contribution in [0.25, 0.3) is 10.2 Å². The Morgan fingerprint density at radius 1 is 1.56 bits per heavy atom. The van der Waals surface area contributed by atoms with E-state index in [9.17, 15) is 9.59 Å². The number of urea groups is 1. The highest BCUT2D eigenvalue weighted by Crippen LogP contribution is 2.29. The smallest absolute Gasteiger partial charge is 0.345 e. The molecule has 4 N–H and O–H groups in total. The van der Waals surface area contributed by atoms with E-state index < -0.39 is 5.97 Å². The molecule has 18 heavy (non-hydrogen) atoms. The number of carboxylic acid groups (broad SMARTS) is 1. The third-order valence-electron chi connectivity index (χ3n) is 2.21. The van der Waals surface area contributed by atoms with Crippen molar-refractivity contribution >= 4 is 39.4 Å². The number of carbonyl (C=O) groups excluding carboxylic acids is 1. The Balaban J connectivity index is 2.18. The lowest BCUT2D eigenvalue weighted by Crippen LogP contribution is -2.29. The molecule has 0 saturated carbocycles. The summed E-state index contributed by atoms with van der Waals surface area (Å²) >= 11 is 1.07. The first-order valence-electron chi connectivity index (χ1n) is 5.38. The summed E-state index contributed by atoms with van der Waals surface area (Å²) in [4.78, 5) is 22.5. The van der Waals surface area contributed by atoms with Gasteiger partial charge in [-0.25, -0.2) is 9.59 Å².